The van der Waals surface area contributed by atoms with Gasteiger partial charge in [-0.3, -0.25) is 0 Å². The van der Waals surface area contributed by atoms with E-state index < -0.39 is 0 Å². The molecule has 1 aliphatic carbocycles. The van der Waals surface area contributed by atoms with Gasteiger partial charge in [0.05, 0.1) is 6.61 Å². The molecule has 0 saturated heterocycles. The van der Waals surface area contributed by atoms with Crippen molar-refractivity contribution in [2.24, 2.45) is 0 Å². The Morgan fingerprint density at radius 1 is 1.11 bits per heavy atom. The molecule has 1 unspecified atom stereocenters. The fraction of sp³-hybridized carbons (Fsp3) is 0.261. The molecule has 27 heavy (non-hydrogen) atoms. The van der Waals surface area contributed by atoms with Crippen molar-refractivity contribution in [2.45, 2.75) is 31.7 Å². The Hall–Kier alpha value is -3.01. The van der Waals surface area contributed by atoms with Crippen LogP contribution in [0.3, 0.4) is 0 Å². The minimum Gasteiger partial charge on any atom is -0.462 e. The number of carbonyl (C=O) groups excluding carboxylic acids is 1. The van der Waals surface area contributed by atoms with E-state index in [1.807, 2.05) is 61.5 Å². The maximum absolute atomic E-state index is 12.4. The summed E-state index contributed by atoms with van der Waals surface area (Å²) in [6.45, 7) is 2.17. The van der Waals surface area contributed by atoms with Gasteiger partial charge in [-0.25, -0.2) is 4.79 Å². The number of para-hydroxylation sites is 1. The minimum absolute atomic E-state index is 0.186. The molecule has 0 spiro atoms. The quantitative estimate of drug-likeness (QED) is 0.562. The number of nitrogens with one attached hydrogen (secondary N) is 1. The molecule has 1 fully saturated rings. The lowest BCUT2D eigenvalue weighted by Crippen LogP contribution is -2.11. The predicted octanol–water partition coefficient (Wildman–Crippen LogP) is 5.54. The second-order valence-electron chi connectivity index (χ2n) is 6.78. The first-order valence-electron chi connectivity index (χ1n) is 9.43. The summed E-state index contributed by atoms with van der Waals surface area (Å²) >= 11 is 0. The Balaban J connectivity index is 1.73. The van der Waals surface area contributed by atoms with Crippen LogP contribution in [0.4, 0.5) is 5.69 Å². The molecule has 4 nitrogen and oxygen atoms in total. The van der Waals surface area contributed by atoms with E-state index in [2.05, 4.69) is 17.4 Å². The first-order valence-corrected chi connectivity index (χ1v) is 9.43. The number of ether oxygens (including phenoxy) is 1. The third kappa shape index (κ3) is 3.90. The number of furan rings is 1. The third-order valence-electron chi connectivity index (χ3n) is 4.73. The maximum Gasteiger partial charge on any atom is 0.341 e. The fourth-order valence-electron chi connectivity index (χ4n) is 3.25. The molecule has 4 heteroatoms. The molecular formula is C23H23NO3. The zero-order valence-corrected chi connectivity index (χ0v) is 15.4. The van der Waals surface area contributed by atoms with E-state index in [9.17, 15) is 4.79 Å². The number of hydrogen-bond donors (Lipinski definition) is 1. The van der Waals surface area contributed by atoms with Crippen molar-refractivity contribution in [2.75, 3.05) is 11.9 Å². The Labute approximate surface area is 159 Å². The summed E-state index contributed by atoms with van der Waals surface area (Å²) in [4.78, 5) is 12.4. The number of esters is 1. The largest absolute Gasteiger partial charge is 0.462 e. The Morgan fingerprint density at radius 2 is 1.78 bits per heavy atom. The molecule has 2 aromatic carbocycles. The van der Waals surface area contributed by atoms with Gasteiger partial charge in [-0.1, -0.05) is 48.5 Å². The molecule has 4 rings (SSSR count). The lowest BCUT2D eigenvalue weighted by atomic mass is 10.0. The van der Waals surface area contributed by atoms with Gasteiger partial charge in [0.2, 0.25) is 0 Å². The van der Waals surface area contributed by atoms with E-state index in [-0.39, 0.29) is 12.0 Å². The highest BCUT2D eigenvalue weighted by molar-refractivity contribution is 5.91. The molecule has 3 aromatic rings. The summed E-state index contributed by atoms with van der Waals surface area (Å²) in [6, 6.07) is 21.8. The monoisotopic (exact) mass is 361 g/mol. The van der Waals surface area contributed by atoms with Crippen molar-refractivity contribution in [3.63, 3.8) is 0 Å². The maximum atomic E-state index is 12.4. The third-order valence-corrected chi connectivity index (χ3v) is 4.73. The summed E-state index contributed by atoms with van der Waals surface area (Å²) in [6.07, 6.45) is 2.11. The molecule has 0 bridgehead atoms. The molecule has 0 radical (unpaired) electrons. The molecular weight excluding hydrogens is 338 g/mol. The van der Waals surface area contributed by atoms with Crippen molar-refractivity contribution in [1.82, 2.24) is 0 Å². The van der Waals surface area contributed by atoms with Crippen LogP contribution in [0.1, 0.15) is 59.2 Å². The van der Waals surface area contributed by atoms with Crippen molar-refractivity contribution in [3.8, 4) is 0 Å². The normalized spacial score (nSPS) is 14.6. The zero-order chi connectivity index (χ0) is 18.6. The second-order valence-corrected chi connectivity index (χ2v) is 6.78. The van der Waals surface area contributed by atoms with Crippen molar-refractivity contribution in [3.05, 3.63) is 89.4 Å². The van der Waals surface area contributed by atoms with E-state index in [0.29, 0.717) is 18.1 Å². The van der Waals surface area contributed by atoms with Gasteiger partial charge in [0.15, 0.2) is 0 Å². The van der Waals surface area contributed by atoms with Crippen LogP contribution in [0.2, 0.25) is 0 Å². The molecule has 0 amide bonds. The summed E-state index contributed by atoms with van der Waals surface area (Å²) < 4.78 is 11.5. The standard InChI is InChI=1S/C23H23NO3/c1-2-26-23(25)19-15-20(27-22(19)17-13-14-17)21(16-9-5-3-6-10-16)24-18-11-7-4-8-12-18/h3-12,15,17,21,24H,2,13-14H2,1H3. The van der Waals surface area contributed by atoms with E-state index in [0.717, 1.165) is 35.6 Å². The Kier molecular flexibility index (Phi) is 4.97. The van der Waals surface area contributed by atoms with E-state index >= 15 is 0 Å². The fourth-order valence-corrected chi connectivity index (χ4v) is 3.25. The van der Waals surface area contributed by atoms with E-state index in [1.165, 1.54) is 0 Å². The topological polar surface area (TPSA) is 51.5 Å². The van der Waals surface area contributed by atoms with E-state index in [4.69, 9.17) is 9.15 Å². The average molecular weight is 361 g/mol. The zero-order valence-electron chi connectivity index (χ0n) is 15.4. The molecule has 1 atom stereocenters. The molecule has 1 saturated carbocycles. The van der Waals surface area contributed by atoms with Gasteiger partial charge in [-0.15, -0.1) is 0 Å². The summed E-state index contributed by atoms with van der Waals surface area (Å²) in [5.41, 5.74) is 2.63. The summed E-state index contributed by atoms with van der Waals surface area (Å²) in [5, 5.41) is 3.54. The first-order chi connectivity index (χ1) is 13.3. The Bertz CT molecular complexity index is 898. The van der Waals surface area contributed by atoms with Gasteiger partial charge in [-0.05, 0) is 43.5 Å². The number of carbonyl (C=O) groups is 1. The Morgan fingerprint density at radius 3 is 2.41 bits per heavy atom. The number of hydrogen-bond acceptors (Lipinski definition) is 4. The lowest BCUT2D eigenvalue weighted by Gasteiger charge is -2.18. The summed E-state index contributed by atoms with van der Waals surface area (Å²) in [7, 11) is 0. The highest BCUT2D eigenvalue weighted by Crippen LogP contribution is 2.44. The van der Waals surface area contributed by atoms with Gasteiger partial charge >= 0.3 is 5.97 Å². The van der Waals surface area contributed by atoms with Crippen LogP contribution >= 0.6 is 0 Å². The van der Waals surface area contributed by atoms with Crippen molar-refractivity contribution >= 4 is 11.7 Å². The first kappa shape index (κ1) is 17.4. The SMILES string of the molecule is CCOC(=O)c1cc(C(Nc2ccccc2)c2ccccc2)oc1C1CC1. The van der Waals surface area contributed by atoms with Gasteiger partial charge in [-0.2, -0.15) is 0 Å². The molecule has 1 aromatic heterocycles. The van der Waals surface area contributed by atoms with Crippen LogP contribution in [0, 0.1) is 0 Å². The molecule has 1 heterocycles. The van der Waals surface area contributed by atoms with Crippen LogP contribution in [-0.4, -0.2) is 12.6 Å². The van der Waals surface area contributed by atoms with Crippen LogP contribution in [-0.2, 0) is 4.74 Å². The van der Waals surface area contributed by atoms with E-state index in [1.54, 1.807) is 0 Å². The van der Waals surface area contributed by atoms with Crippen LogP contribution in [0.25, 0.3) is 0 Å². The van der Waals surface area contributed by atoms with Crippen LogP contribution < -0.4 is 5.32 Å². The predicted molar refractivity (Wildman–Crippen MR) is 105 cm³/mol. The summed E-state index contributed by atoms with van der Waals surface area (Å²) in [5.74, 6) is 1.52. The molecule has 1 N–H and O–H groups in total. The van der Waals surface area contributed by atoms with Gasteiger partial charge < -0.3 is 14.5 Å². The van der Waals surface area contributed by atoms with Gasteiger partial charge in [0.1, 0.15) is 23.1 Å². The lowest BCUT2D eigenvalue weighted by molar-refractivity contribution is 0.0523. The van der Waals surface area contributed by atoms with Crippen molar-refractivity contribution < 1.29 is 13.9 Å². The molecule has 138 valence electrons. The molecule has 1 aliphatic rings. The molecule has 0 aliphatic heterocycles. The van der Waals surface area contributed by atoms with Gasteiger partial charge in [0.25, 0.3) is 0 Å². The number of anilines is 1. The number of benzene rings is 2. The van der Waals surface area contributed by atoms with Crippen molar-refractivity contribution in [1.29, 1.82) is 0 Å². The highest BCUT2D eigenvalue weighted by atomic mass is 16.5. The smallest absolute Gasteiger partial charge is 0.341 e. The number of rotatable bonds is 7. The highest BCUT2D eigenvalue weighted by Gasteiger charge is 2.34. The van der Waals surface area contributed by atoms with Gasteiger partial charge in [0, 0.05) is 11.6 Å². The van der Waals surface area contributed by atoms with Crippen LogP contribution in [0.5, 0.6) is 0 Å². The minimum atomic E-state index is -0.305. The van der Waals surface area contributed by atoms with Crippen LogP contribution in [0.15, 0.2) is 71.1 Å². The second kappa shape index (κ2) is 7.70. The average Bonchev–Trinajstić information content (AvgIpc) is 3.46.